The summed E-state index contributed by atoms with van der Waals surface area (Å²) in [5, 5.41) is 0. The Balaban J connectivity index is 1.44. The van der Waals surface area contributed by atoms with E-state index in [-0.39, 0.29) is 10.8 Å². The topological polar surface area (TPSA) is 0 Å². The third-order valence-corrected chi connectivity index (χ3v) is 11.0. The lowest BCUT2D eigenvalue weighted by Crippen LogP contribution is -2.69. The molecule has 1 saturated carbocycles. The molecule has 3 aliphatic carbocycles. The largest absolute Gasteiger partial charge is 0.0622 e. The fraction of sp³-hybridized carbons (Fsp3) is 0.182. The highest BCUT2D eigenvalue weighted by Crippen LogP contribution is 2.80. The molecule has 44 heavy (non-hydrogen) atoms. The molecule has 0 saturated heterocycles. The number of hydrogen-bond donors (Lipinski definition) is 0. The highest BCUT2D eigenvalue weighted by molar-refractivity contribution is 5.98. The van der Waals surface area contributed by atoms with Crippen LogP contribution >= 0.6 is 0 Å². The molecular weight excluding hydrogens is 528 g/mol. The zero-order chi connectivity index (χ0) is 29.1. The van der Waals surface area contributed by atoms with Gasteiger partial charge in [0.15, 0.2) is 0 Å². The van der Waals surface area contributed by atoms with Crippen molar-refractivity contribution in [2.75, 3.05) is 0 Å². The molecule has 0 spiro atoms. The van der Waals surface area contributed by atoms with Crippen LogP contribution in [0.1, 0.15) is 60.8 Å². The Labute approximate surface area is 261 Å². The standard InChI is InChI=1S/C44H36/c1-2-16-30-44-41-37(33-21-11-5-12-22-33)27-25-35(31-17-7-3-8-18-31)39(41)43(44,29-15-1)40-36(32-19-9-4-10-20-32)26-28-38(42(40)44)34-23-13-6-14-24-34/h3-14,17-28H,1-2,15-16,29-30H2. The van der Waals surface area contributed by atoms with Gasteiger partial charge >= 0.3 is 0 Å². The van der Waals surface area contributed by atoms with Crippen LogP contribution in [-0.2, 0) is 10.8 Å². The summed E-state index contributed by atoms with van der Waals surface area (Å²) in [5.74, 6) is 0. The molecule has 0 bridgehead atoms. The molecule has 1 fully saturated rings. The SMILES string of the molecule is c1ccc(-c2ccc(-c3ccccc3)c3c2C24CCCCCCC32c2c(-c3ccccc3)ccc(-c3ccccc3)c24)cc1. The van der Waals surface area contributed by atoms with Crippen molar-refractivity contribution in [3.63, 3.8) is 0 Å². The minimum Gasteiger partial charge on any atom is -0.0622 e. The van der Waals surface area contributed by atoms with Crippen molar-refractivity contribution < 1.29 is 0 Å². The Morgan fingerprint density at radius 2 is 0.523 bits per heavy atom. The average molecular weight is 565 g/mol. The number of benzene rings is 6. The number of rotatable bonds is 4. The minimum absolute atomic E-state index is 0.00399. The van der Waals surface area contributed by atoms with Crippen LogP contribution in [0.5, 0.6) is 0 Å². The fourth-order valence-corrected chi connectivity index (χ4v) is 9.45. The van der Waals surface area contributed by atoms with Crippen LogP contribution in [0.2, 0.25) is 0 Å². The van der Waals surface area contributed by atoms with Gasteiger partial charge in [-0.2, -0.15) is 0 Å². The van der Waals surface area contributed by atoms with Crippen LogP contribution in [0.25, 0.3) is 44.5 Å². The molecule has 9 rings (SSSR count). The quantitative estimate of drug-likeness (QED) is 0.200. The lowest BCUT2D eigenvalue weighted by molar-refractivity contribution is 0.147. The third kappa shape index (κ3) is 3.34. The van der Waals surface area contributed by atoms with Gasteiger partial charge in [0, 0.05) is 10.8 Å². The van der Waals surface area contributed by atoms with Crippen molar-refractivity contribution in [1.82, 2.24) is 0 Å². The van der Waals surface area contributed by atoms with E-state index in [4.69, 9.17) is 0 Å². The van der Waals surface area contributed by atoms with Crippen LogP contribution in [-0.4, -0.2) is 0 Å². The Hall–Kier alpha value is -4.68. The highest BCUT2D eigenvalue weighted by Gasteiger charge is 2.74. The first-order valence-corrected chi connectivity index (χ1v) is 16.4. The van der Waals surface area contributed by atoms with E-state index in [2.05, 4.69) is 146 Å². The van der Waals surface area contributed by atoms with Gasteiger partial charge < -0.3 is 0 Å². The van der Waals surface area contributed by atoms with E-state index in [0.717, 1.165) is 0 Å². The maximum absolute atomic E-state index is 2.44. The Morgan fingerprint density at radius 1 is 0.273 bits per heavy atom. The Morgan fingerprint density at radius 3 is 0.773 bits per heavy atom. The highest BCUT2D eigenvalue weighted by atomic mass is 14.7. The second kappa shape index (κ2) is 9.93. The van der Waals surface area contributed by atoms with Gasteiger partial charge in [0.25, 0.3) is 0 Å². The first-order chi connectivity index (χ1) is 21.8. The van der Waals surface area contributed by atoms with Gasteiger partial charge in [-0.3, -0.25) is 0 Å². The fourth-order valence-electron chi connectivity index (χ4n) is 9.45. The predicted molar refractivity (Wildman–Crippen MR) is 184 cm³/mol. The number of fused-ring (bicyclic) bond motifs is 2. The summed E-state index contributed by atoms with van der Waals surface area (Å²) in [6.07, 6.45) is 7.61. The van der Waals surface area contributed by atoms with Gasteiger partial charge in [0.05, 0.1) is 0 Å². The van der Waals surface area contributed by atoms with Crippen LogP contribution in [0.4, 0.5) is 0 Å². The minimum atomic E-state index is 0.00399. The van der Waals surface area contributed by atoms with Crippen molar-refractivity contribution in [1.29, 1.82) is 0 Å². The zero-order valence-electron chi connectivity index (χ0n) is 25.1. The summed E-state index contributed by atoms with van der Waals surface area (Å²) in [6.45, 7) is 0. The van der Waals surface area contributed by atoms with Crippen molar-refractivity contribution in [3.05, 3.63) is 168 Å². The molecule has 0 aliphatic heterocycles. The molecule has 0 heterocycles. The van der Waals surface area contributed by atoms with Crippen LogP contribution in [0, 0.1) is 0 Å². The van der Waals surface area contributed by atoms with E-state index >= 15 is 0 Å². The summed E-state index contributed by atoms with van der Waals surface area (Å²) < 4.78 is 0. The normalized spacial score (nSPS) is 21.3. The molecule has 3 aliphatic rings. The molecular formula is C44H36. The molecule has 0 atom stereocenters. The van der Waals surface area contributed by atoms with E-state index in [1.54, 1.807) is 22.3 Å². The monoisotopic (exact) mass is 564 g/mol. The molecule has 0 unspecified atom stereocenters. The lowest BCUT2D eigenvalue weighted by Gasteiger charge is -2.72. The van der Waals surface area contributed by atoms with Crippen molar-refractivity contribution >= 4 is 0 Å². The summed E-state index contributed by atoms with van der Waals surface area (Å²) in [7, 11) is 0. The maximum Gasteiger partial charge on any atom is 0.0359 e. The molecule has 0 nitrogen and oxygen atoms in total. The zero-order valence-corrected chi connectivity index (χ0v) is 25.1. The van der Waals surface area contributed by atoms with E-state index < -0.39 is 0 Å². The number of hydrogen-bond acceptors (Lipinski definition) is 0. The molecule has 0 aromatic heterocycles. The summed E-state index contributed by atoms with van der Waals surface area (Å²) in [4.78, 5) is 0. The summed E-state index contributed by atoms with van der Waals surface area (Å²) in [5.41, 5.74) is 17.4. The maximum atomic E-state index is 2.44. The van der Waals surface area contributed by atoms with Gasteiger partial charge in [0.1, 0.15) is 0 Å². The van der Waals surface area contributed by atoms with Gasteiger partial charge in [0.2, 0.25) is 0 Å². The predicted octanol–water partition coefficient (Wildman–Crippen LogP) is 11.6. The molecule has 6 aromatic rings. The molecule has 212 valence electrons. The third-order valence-electron chi connectivity index (χ3n) is 11.0. The van der Waals surface area contributed by atoms with E-state index in [9.17, 15) is 0 Å². The van der Waals surface area contributed by atoms with Crippen LogP contribution in [0.3, 0.4) is 0 Å². The Kier molecular flexibility index (Phi) is 5.82. The van der Waals surface area contributed by atoms with Gasteiger partial charge in [-0.05, 0) is 79.6 Å². The summed E-state index contributed by atoms with van der Waals surface area (Å²) >= 11 is 0. The molecule has 0 amide bonds. The first kappa shape index (κ1) is 25.8. The van der Waals surface area contributed by atoms with E-state index in [1.165, 1.54) is 83.0 Å². The van der Waals surface area contributed by atoms with Crippen molar-refractivity contribution in [2.24, 2.45) is 0 Å². The van der Waals surface area contributed by atoms with Gasteiger partial charge in [-0.25, -0.2) is 0 Å². The van der Waals surface area contributed by atoms with Crippen molar-refractivity contribution in [3.8, 4) is 44.5 Å². The second-order valence-electron chi connectivity index (χ2n) is 13.0. The van der Waals surface area contributed by atoms with Gasteiger partial charge in [-0.15, -0.1) is 0 Å². The van der Waals surface area contributed by atoms with E-state index in [1.807, 2.05) is 0 Å². The van der Waals surface area contributed by atoms with Crippen LogP contribution < -0.4 is 0 Å². The average Bonchev–Trinajstić information content (AvgIpc) is 3.09. The lowest BCUT2D eigenvalue weighted by atomic mass is 9.29. The van der Waals surface area contributed by atoms with Gasteiger partial charge in [-0.1, -0.05) is 171 Å². The molecule has 6 aromatic carbocycles. The van der Waals surface area contributed by atoms with Crippen molar-refractivity contribution in [2.45, 2.75) is 49.4 Å². The molecule has 0 N–H and O–H groups in total. The van der Waals surface area contributed by atoms with Crippen LogP contribution in [0.15, 0.2) is 146 Å². The van der Waals surface area contributed by atoms with E-state index in [0.29, 0.717) is 0 Å². The summed E-state index contributed by atoms with van der Waals surface area (Å²) in [6, 6.07) is 54.5. The Bertz CT molecular complexity index is 1700. The first-order valence-electron chi connectivity index (χ1n) is 16.4. The smallest absolute Gasteiger partial charge is 0.0359 e. The second-order valence-corrected chi connectivity index (χ2v) is 13.0. The molecule has 0 radical (unpaired) electrons. The molecule has 0 heteroatoms.